The molecular formula is C21H29N3O2. The van der Waals surface area contributed by atoms with Crippen LogP contribution in [0, 0.1) is 0 Å². The molecule has 2 amide bonds. The SMILES string of the molecule is CCN1c2cc(C(=O)NC3CCCC3)ccc2C(=O)N2CCCCC[C@H]21. The van der Waals surface area contributed by atoms with Gasteiger partial charge in [0.15, 0.2) is 0 Å². The Bertz CT molecular complexity index is 696. The molecule has 1 saturated carbocycles. The molecule has 1 saturated heterocycles. The van der Waals surface area contributed by atoms with Gasteiger partial charge >= 0.3 is 0 Å². The highest BCUT2D eigenvalue weighted by Gasteiger charge is 2.37. The summed E-state index contributed by atoms with van der Waals surface area (Å²) in [6.07, 6.45) is 9.12. The first-order valence-electron chi connectivity index (χ1n) is 10.2. The molecule has 2 aliphatic heterocycles. The van der Waals surface area contributed by atoms with Gasteiger partial charge in [0, 0.05) is 24.7 Å². The van der Waals surface area contributed by atoms with Gasteiger partial charge in [-0.2, -0.15) is 0 Å². The Labute approximate surface area is 155 Å². The van der Waals surface area contributed by atoms with E-state index < -0.39 is 0 Å². The van der Waals surface area contributed by atoms with Crippen LogP contribution in [0.1, 0.15) is 79.0 Å². The maximum absolute atomic E-state index is 13.0. The van der Waals surface area contributed by atoms with E-state index in [0.717, 1.165) is 56.4 Å². The van der Waals surface area contributed by atoms with Crippen molar-refractivity contribution >= 4 is 17.5 Å². The van der Waals surface area contributed by atoms with Crippen molar-refractivity contribution in [3.63, 3.8) is 0 Å². The Kier molecular flexibility index (Phi) is 4.88. The van der Waals surface area contributed by atoms with Crippen LogP contribution in [0.4, 0.5) is 5.69 Å². The number of rotatable bonds is 3. The Balaban J connectivity index is 1.64. The minimum absolute atomic E-state index is 0.00787. The van der Waals surface area contributed by atoms with E-state index in [2.05, 4.69) is 17.1 Å². The van der Waals surface area contributed by atoms with Crippen molar-refractivity contribution in [2.24, 2.45) is 0 Å². The molecule has 0 bridgehead atoms. The van der Waals surface area contributed by atoms with Crippen molar-refractivity contribution < 1.29 is 9.59 Å². The first kappa shape index (κ1) is 17.4. The van der Waals surface area contributed by atoms with Gasteiger partial charge in [-0.25, -0.2) is 0 Å². The summed E-state index contributed by atoms with van der Waals surface area (Å²) < 4.78 is 0. The van der Waals surface area contributed by atoms with Crippen molar-refractivity contribution in [2.45, 2.75) is 70.5 Å². The van der Waals surface area contributed by atoms with Gasteiger partial charge in [-0.15, -0.1) is 0 Å². The molecule has 5 nitrogen and oxygen atoms in total. The highest BCUT2D eigenvalue weighted by molar-refractivity contribution is 6.04. The standard InChI is InChI=1S/C21H29N3O2/c1-2-23-18-14-15(20(25)22-16-8-5-6-9-16)11-12-17(18)21(26)24-13-7-3-4-10-19(23)24/h11-12,14,16,19H,2-10,13H2,1H3,(H,22,25)/t19-/m0/s1. The smallest absolute Gasteiger partial charge is 0.257 e. The Morgan fingerprint density at radius 3 is 2.65 bits per heavy atom. The van der Waals surface area contributed by atoms with E-state index in [-0.39, 0.29) is 18.0 Å². The quantitative estimate of drug-likeness (QED) is 0.902. The number of hydrogen-bond donors (Lipinski definition) is 1. The van der Waals surface area contributed by atoms with Crippen LogP contribution >= 0.6 is 0 Å². The summed E-state index contributed by atoms with van der Waals surface area (Å²) in [5.41, 5.74) is 2.34. The van der Waals surface area contributed by atoms with Crippen LogP contribution in [0.15, 0.2) is 18.2 Å². The molecule has 2 fully saturated rings. The number of carbonyl (C=O) groups is 2. The molecule has 140 valence electrons. The van der Waals surface area contributed by atoms with E-state index >= 15 is 0 Å². The Morgan fingerprint density at radius 1 is 1.12 bits per heavy atom. The third-order valence-corrected chi connectivity index (χ3v) is 6.17. The number of fused-ring (bicyclic) bond motifs is 2. The second-order valence-corrected chi connectivity index (χ2v) is 7.80. The average molecular weight is 355 g/mol. The Hall–Kier alpha value is -2.04. The number of nitrogens with zero attached hydrogens (tertiary/aromatic N) is 2. The van der Waals surface area contributed by atoms with E-state index in [1.54, 1.807) is 0 Å². The van der Waals surface area contributed by atoms with E-state index in [9.17, 15) is 9.59 Å². The number of benzene rings is 1. The van der Waals surface area contributed by atoms with Crippen molar-refractivity contribution in [1.82, 2.24) is 10.2 Å². The maximum Gasteiger partial charge on any atom is 0.257 e. The fourth-order valence-electron chi connectivity index (χ4n) is 4.78. The van der Waals surface area contributed by atoms with Crippen LogP contribution in [0.5, 0.6) is 0 Å². The summed E-state index contributed by atoms with van der Waals surface area (Å²) in [5, 5.41) is 3.16. The molecule has 0 aromatic heterocycles. The minimum Gasteiger partial charge on any atom is -0.351 e. The summed E-state index contributed by atoms with van der Waals surface area (Å²) in [6.45, 7) is 3.81. The summed E-state index contributed by atoms with van der Waals surface area (Å²) in [5.74, 6) is 0.117. The van der Waals surface area contributed by atoms with Crippen LogP contribution in [0.2, 0.25) is 0 Å². The van der Waals surface area contributed by atoms with Crippen molar-refractivity contribution in [3.05, 3.63) is 29.3 Å². The topological polar surface area (TPSA) is 52.7 Å². The van der Waals surface area contributed by atoms with Gasteiger partial charge < -0.3 is 15.1 Å². The third-order valence-electron chi connectivity index (χ3n) is 6.17. The van der Waals surface area contributed by atoms with Gasteiger partial charge in [0.1, 0.15) is 6.17 Å². The molecule has 1 aromatic carbocycles. The van der Waals surface area contributed by atoms with Gasteiger partial charge in [-0.1, -0.05) is 19.3 Å². The van der Waals surface area contributed by atoms with Crippen LogP contribution < -0.4 is 10.2 Å². The highest BCUT2D eigenvalue weighted by atomic mass is 16.2. The van der Waals surface area contributed by atoms with Crippen molar-refractivity contribution in [2.75, 3.05) is 18.0 Å². The van der Waals surface area contributed by atoms with E-state index in [0.29, 0.717) is 11.6 Å². The number of nitrogens with one attached hydrogen (secondary N) is 1. The molecule has 4 rings (SSSR count). The van der Waals surface area contributed by atoms with Crippen molar-refractivity contribution in [3.8, 4) is 0 Å². The van der Waals surface area contributed by atoms with E-state index in [4.69, 9.17) is 0 Å². The highest BCUT2D eigenvalue weighted by Crippen LogP contribution is 2.35. The summed E-state index contributed by atoms with van der Waals surface area (Å²) in [7, 11) is 0. The molecule has 1 aromatic rings. The predicted octanol–water partition coefficient (Wildman–Crippen LogP) is 3.54. The number of amides is 2. The summed E-state index contributed by atoms with van der Waals surface area (Å²) >= 11 is 0. The molecule has 0 radical (unpaired) electrons. The molecule has 5 heteroatoms. The largest absolute Gasteiger partial charge is 0.351 e. The summed E-state index contributed by atoms with van der Waals surface area (Å²) in [6, 6.07) is 5.90. The lowest BCUT2D eigenvalue weighted by molar-refractivity contribution is 0.0656. The molecule has 3 aliphatic rings. The van der Waals surface area contributed by atoms with Crippen LogP contribution in [0.25, 0.3) is 0 Å². The first-order chi connectivity index (χ1) is 12.7. The molecule has 26 heavy (non-hydrogen) atoms. The molecule has 0 spiro atoms. The van der Waals surface area contributed by atoms with Gasteiger partial charge in [-0.05, 0) is 57.2 Å². The molecule has 2 heterocycles. The second-order valence-electron chi connectivity index (χ2n) is 7.80. The molecular weight excluding hydrogens is 326 g/mol. The van der Waals surface area contributed by atoms with Gasteiger partial charge in [0.2, 0.25) is 0 Å². The monoisotopic (exact) mass is 355 g/mol. The zero-order valence-corrected chi connectivity index (χ0v) is 15.7. The zero-order chi connectivity index (χ0) is 18.1. The average Bonchev–Trinajstić information content (AvgIpc) is 3.04. The lowest BCUT2D eigenvalue weighted by Crippen LogP contribution is -2.55. The molecule has 1 N–H and O–H groups in total. The second kappa shape index (κ2) is 7.29. The van der Waals surface area contributed by atoms with Crippen LogP contribution in [-0.2, 0) is 0 Å². The number of carbonyl (C=O) groups excluding carboxylic acids is 2. The fraction of sp³-hybridized carbons (Fsp3) is 0.619. The van der Waals surface area contributed by atoms with Gasteiger partial charge in [0.25, 0.3) is 11.8 Å². The minimum atomic E-state index is -0.00787. The zero-order valence-electron chi connectivity index (χ0n) is 15.7. The predicted molar refractivity (Wildman–Crippen MR) is 102 cm³/mol. The maximum atomic E-state index is 13.0. The first-order valence-corrected chi connectivity index (χ1v) is 10.2. The van der Waals surface area contributed by atoms with Crippen molar-refractivity contribution in [1.29, 1.82) is 0 Å². The van der Waals surface area contributed by atoms with E-state index in [1.165, 1.54) is 19.3 Å². The molecule has 1 atom stereocenters. The Morgan fingerprint density at radius 2 is 1.88 bits per heavy atom. The lowest BCUT2D eigenvalue weighted by atomic mass is 10.0. The third kappa shape index (κ3) is 3.08. The van der Waals surface area contributed by atoms with Crippen LogP contribution in [0.3, 0.4) is 0 Å². The number of anilines is 1. The van der Waals surface area contributed by atoms with Gasteiger partial charge in [-0.3, -0.25) is 9.59 Å². The van der Waals surface area contributed by atoms with E-state index in [1.807, 2.05) is 23.1 Å². The molecule has 1 aliphatic carbocycles. The molecule has 0 unspecified atom stereocenters. The lowest BCUT2D eigenvalue weighted by Gasteiger charge is -2.44. The number of hydrogen-bond acceptors (Lipinski definition) is 3. The van der Waals surface area contributed by atoms with Crippen LogP contribution in [-0.4, -0.2) is 42.0 Å². The summed E-state index contributed by atoms with van der Waals surface area (Å²) in [4.78, 5) is 30.1. The van der Waals surface area contributed by atoms with Gasteiger partial charge in [0.05, 0.1) is 11.3 Å². The fourth-order valence-corrected chi connectivity index (χ4v) is 4.78. The normalized spacial score (nSPS) is 23.4.